The predicted octanol–water partition coefficient (Wildman–Crippen LogP) is 1.62. The average Bonchev–Trinajstić information content (AvgIpc) is 2.83. The Morgan fingerprint density at radius 3 is 2.78 bits per heavy atom. The topological polar surface area (TPSA) is 63.6 Å². The van der Waals surface area contributed by atoms with Crippen LogP contribution in [0.5, 0.6) is 0 Å². The van der Waals surface area contributed by atoms with Crippen LogP contribution in [0.4, 0.5) is 0 Å². The summed E-state index contributed by atoms with van der Waals surface area (Å²) in [6.07, 6.45) is 6.64. The Morgan fingerprint density at radius 1 is 1.11 bits per heavy atom. The Bertz CT molecular complexity index is 641. The number of hydrogen-bond acceptors (Lipinski definition) is 3. The van der Waals surface area contributed by atoms with Crippen molar-refractivity contribution in [2.45, 2.75) is 0 Å². The summed E-state index contributed by atoms with van der Waals surface area (Å²) >= 11 is 0. The first kappa shape index (κ1) is 10.5. The highest BCUT2D eigenvalue weighted by molar-refractivity contribution is 5.60. The molecule has 0 atom stereocenters. The third-order valence-electron chi connectivity index (χ3n) is 2.62. The first-order chi connectivity index (χ1) is 8.86. The number of H-pyrrole nitrogens is 1. The van der Waals surface area contributed by atoms with E-state index < -0.39 is 0 Å². The molecule has 0 aromatic carbocycles. The van der Waals surface area contributed by atoms with Crippen molar-refractivity contribution in [3.63, 3.8) is 0 Å². The van der Waals surface area contributed by atoms with Crippen LogP contribution >= 0.6 is 0 Å². The fraction of sp³-hybridized carbons (Fsp3) is 0. The number of aromatic nitrogens is 4. The molecular formula is C13H10N4O. The molecule has 0 radical (unpaired) electrons. The van der Waals surface area contributed by atoms with Gasteiger partial charge < -0.3 is 0 Å². The normalized spacial score (nSPS) is 10.4. The molecule has 18 heavy (non-hydrogen) atoms. The van der Waals surface area contributed by atoms with Gasteiger partial charge in [0.1, 0.15) is 0 Å². The van der Waals surface area contributed by atoms with Gasteiger partial charge in [-0.1, -0.05) is 12.1 Å². The van der Waals surface area contributed by atoms with Crippen molar-refractivity contribution in [2.75, 3.05) is 0 Å². The van der Waals surface area contributed by atoms with Crippen LogP contribution in [0, 0.1) is 0 Å². The summed E-state index contributed by atoms with van der Waals surface area (Å²) in [6, 6.07) is 9.05. The maximum absolute atomic E-state index is 12.2. The van der Waals surface area contributed by atoms with E-state index in [4.69, 9.17) is 0 Å². The largest absolute Gasteiger partial charge is 0.296 e. The standard InChI is InChI=1S/C13H10N4O/c18-13-11(10-4-3-6-14-8-10)9-16-17(13)12-5-1-2-7-15-12/h1-9,16H. The highest BCUT2D eigenvalue weighted by Gasteiger charge is 2.09. The monoisotopic (exact) mass is 238 g/mol. The predicted molar refractivity (Wildman–Crippen MR) is 67.4 cm³/mol. The molecule has 0 bridgehead atoms. The molecule has 5 nitrogen and oxygen atoms in total. The van der Waals surface area contributed by atoms with E-state index in [1.165, 1.54) is 4.68 Å². The van der Waals surface area contributed by atoms with Crippen molar-refractivity contribution < 1.29 is 0 Å². The van der Waals surface area contributed by atoms with E-state index in [1.54, 1.807) is 43.0 Å². The molecule has 3 aromatic heterocycles. The molecule has 0 aliphatic heterocycles. The minimum Gasteiger partial charge on any atom is -0.296 e. The molecule has 3 rings (SSSR count). The lowest BCUT2D eigenvalue weighted by molar-refractivity contribution is 0.819. The molecule has 0 saturated carbocycles. The van der Waals surface area contributed by atoms with Crippen LogP contribution in [0.2, 0.25) is 0 Å². The molecule has 0 spiro atoms. The van der Waals surface area contributed by atoms with Gasteiger partial charge in [-0.15, -0.1) is 0 Å². The van der Waals surface area contributed by atoms with Crippen LogP contribution in [-0.2, 0) is 0 Å². The number of nitrogens with one attached hydrogen (secondary N) is 1. The first-order valence-electron chi connectivity index (χ1n) is 5.48. The maximum atomic E-state index is 12.2. The molecule has 0 aliphatic carbocycles. The zero-order valence-corrected chi connectivity index (χ0v) is 9.45. The highest BCUT2D eigenvalue weighted by Crippen LogP contribution is 2.13. The summed E-state index contributed by atoms with van der Waals surface area (Å²) in [5.74, 6) is 0.567. The minimum absolute atomic E-state index is 0.137. The van der Waals surface area contributed by atoms with Crippen molar-refractivity contribution in [3.8, 4) is 16.9 Å². The van der Waals surface area contributed by atoms with E-state index in [-0.39, 0.29) is 5.56 Å². The molecular weight excluding hydrogens is 228 g/mol. The van der Waals surface area contributed by atoms with Gasteiger partial charge in [0.05, 0.1) is 5.56 Å². The van der Waals surface area contributed by atoms with E-state index in [0.717, 1.165) is 5.56 Å². The van der Waals surface area contributed by atoms with Gasteiger partial charge in [-0.3, -0.25) is 14.9 Å². The van der Waals surface area contributed by atoms with Gasteiger partial charge in [-0.2, -0.15) is 0 Å². The first-order valence-corrected chi connectivity index (χ1v) is 5.48. The number of nitrogens with zero attached hydrogens (tertiary/aromatic N) is 3. The van der Waals surface area contributed by atoms with Crippen LogP contribution in [0.15, 0.2) is 59.9 Å². The molecule has 3 heterocycles. The van der Waals surface area contributed by atoms with Crippen LogP contribution in [-0.4, -0.2) is 19.7 Å². The van der Waals surface area contributed by atoms with Crippen molar-refractivity contribution in [2.24, 2.45) is 0 Å². The Labute approximate surface area is 103 Å². The van der Waals surface area contributed by atoms with Crippen LogP contribution in [0.3, 0.4) is 0 Å². The Balaban J connectivity index is 2.12. The number of hydrogen-bond donors (Lipinski definition) is 1. The minimum atomic E-state index is -0.137. The fourth-order valence-corrected chi connectivity index (χ4v) is 1.75. The Hall–Kier alpha value is -2.69. The van der Waals surface area contributed by atoms with Crippen molar-refractivity contribution in [1.29, 1.82) is 0 Å². The second kappa shape index (κ2) is 4.29. The fourth-order valence-electron chi connectivity index (χ4n) is 1.75. The zero-order chi connectivity index (χ0) is 12.4. The molecule has 0 fully saturated rings. The summed E-state index contributed by atoms with van der Waals surface area (Å²) < 4.78 is 1.41. The van der Waals surface area contributed by atoms with E-state index >= 15 is 0 Å². The molecule has 0 unspecified atom stereocenters. The second-order valence-electron chi connectivity index (χ2n) is 3.76. The van der Waals surface area contributed by atoms with Crippen molar-refractivity contribution in [3.05, 3.63) is 65.5 Å². The molecule has 3 aromatic rings. The van der Waals surface area contributed by atoms with E-state index in [2.05, 4.69) is 15.1 Å². The van der Waals surface area contributed by atoms with Gasteiger partial charge >= 0.3 is 0 Å². The molecule has 0 aliphatic rings. The Kier molecular flexibility index (Phi) is 2.49. The number of rotatable bonds is 2. The summed E-state index contributed by atoms with van der Waals surface area (Å²) in [5, 5.41) is 2.90. The Morgan fingerprint density at radius 2 is 2.06 bits per heavy atom. The third kappa shape index (κ3) is 1.71. The molecule has 0 saturated heterocycles. The van der Waals surface area contributed by atoms with Crippen molar-refractivity contribution >= 4 is 0 Å². The van der Waals surface area contributed by atoms with Crippen LogP contribution in [0.25, 0.3) is 16.9 Å². The van der Waals surface area contributed by atoms with E-state index in [1.807, 2.05) is 12.1 Å². The maximum Gasteiger partial charge on any atom is 0.280 e. The van der Waals surface area contributed by atoms with Crippen LogP contribution < -0.4 is 5.56 Å². The van der Waals surface area contributed by atoms with E-state index in [9.17, 15) is 4.79 Å². The van der Waals surface area contributed by atoms with Gasteiger partial charge in [-0.05, 0) is 18.2 Å². The quantitative estimate of drug-likeness (QED) is 0.738. The second-order valence-corrected chi connectivity index (χ2v) is 3.76. The van der Waals surface area contributed by atoms with Gasteiger partial charge in [0.2, 0.25) is 0 Å². The molecule has 88 valence electrons. The van der Waals surface area contributed by atoms with Crippen LogP contribution in [0.1, 0.15) is 0 Å². The average molecular weight is 238 g/mol. The lowest BCUT2D eigenvalue weighted by atomic mass is 10.2. The number of aromatic amines is 1. The smallest absolute Gasteiger partial charge is 0.280 e. The van der Waals surface area contributed by atoms with Gasteiger partial charge in [0.15, 0.2) is 5.82 Å². The van der Waals surface area contributed by atoms with Crippen molar-refractivity contribution in [1.82, 2.24) is 19.7 Å². The number of pyridine rings is 2. The molecule has 1 N–H and O–H groups in total. The summed E-state index contributed by atoms with van der Waals surface area (Å²) in [4.78, 5) is 20.4. The lowest BCUT2D eigenvalue weighted by Crippen LogP contribution is -2.16. The summed E-state index contributed by atoms with van der Waals surface area (Å²) in [7, 11) is 0. The van der Waals surface area contributed by atoms with E-state index in [0.29, 0.717) is 11.4 Å². The highest BCUT2D eigenvalue weighted by atomic mass is 16.1. The van der Waals surface area contributed by atoms with Gasteiger partial charge in [0.25, 0.3) is 5.56 Å². The summed E-state index contributed by atoms with van der Waals surface area (Å²) in [5.41, 5.74) is 1.23. The SMILES string of the molecule is O=c1c(-c2cccnc2)c[nH]n1-c1ccccn1. The zero-order valence-electron chi connectivity index (χ0n) is 9.45. The summed E-state index contributed by atoms with van der Waals surface area (Å²) in [6.45, 7) is 0. The van der Waals surface area contributed by atoms with Gasteiger partial charge in [-0.25, -0.2) is 9.67 Å². The van der Waals surface area contributed by atoms with Gasteiger partial charge in [0, 0.05) is 30.4 Å². The molecule has 5 heteroatoms. The lowest BCUT2D eigenvalue weighted by Gasteiger charge is -1.98. The third-order valence-corrected chi connectivity index (χ3v) is 2.62. The molecule has 0 amide bonds.